The van der Waals surface area contributed by atoms with Gasteiger partial charge in [-0.15, -0.1) is 0 Å². The molecular formula is C13H25N3O. The SMILES string of the molecule is CCCNC(c1ccnn1CC)C(C)(C)OC. The van der Waals surface area contributed by atoms with Crippen molar-refractivity contribution in [3.05, 3.63) is 18.0 Å². The normalized spacial score (nSPS) is 13.9. The lowest BCUT2D eigenvalue weighted by atomic mass is 9.95. The molecule has 1 aromatic heterocycles. The van der Waals surface area contributed by atoms with Gasteiger partial charge in [0.2, 0.25) is 0 Å². The maximum atomic E-state index is 5.62. The van der Waals surface area contributed by atoms with Crippen molar-refractivity contribution in [1.82, 2.24) is 15.1 Å². The fourth-order valence-corrected chi connectivity index (χ4v) is 1.97. The number of hydrogen-bond donors (Lipinski definition) is 1. The summed E-state index contributed by atoms with van der Waals surface area (Å²) in [6.45, 7) is 10.3. The van der Waals surface area contributed by atoms with Crippen LogP contribution in [0.25, 0.3) is 0 Å². The zero-order valence-corrected chi connectivity index (χ0v) is 11.7. The second-order valence-corrected chi connectivity index (χ2v) is 4.77. The van der Waals surface area contributed by atoms with Crippen molar-refractivity contribution in [3.63, 3.8) is 0 Å². The third kappa shape index (κ3) is 3.30. The molecule has 0 aromatic carbocycles. The van der Waals surface area contributed by atoms with Crippen LogP contribution in [0.4, 0.5) is 0 Å². The van der Waals surface area contributed by atoms with Gasteiger partial charge in [0.15, 0.2) is 0 Å². The van der Waals surface area contributed by atoms with Crippen molar-refractivity contribution >= 4 is 0 Å². The first kappa shape index (κ1) is 14.2. The molecule has 0 amide bonds. The standard InChI is InChI=1S/C13H25N3O/c1-6-9-14-12(13(3,4)17-5)11-8-10-15-16(11)7-2/h8,10,12,14H,6-7,9H2,1-5H3. The van der Waals surface area contributed by atoms with Crippen LogP contribution in [0.2, 0.25) is 0 Å². The Balaban J connectivity index is 2.97. The predicted octanol–water partition coefficient (Wildman–Crippen LogP) is 2.37. The molecule has 0 spiro atoms. The highest BCUT2D eigenvalue weighted by Gasteiger charge is 2.32. The number of ether oxygens (including phenoxy) is 1. The molecule has 0 aliphatic rings. The molecule has 0 radical (unpaired) electrons. The third-order valence-corrected chi connectivity index (χ3v) is 3.16. The van der Waals surface area contributed by atoms with E-state index in [0.717, 1.165) is 19.5 Å². The quantitative estimate of drug-likeness (QED) is 0.794. The van der Waals surface area contributed by atoms with Gasteiger partial charge in [-0.05, 0) is 39.8 Å². The Hall–Kier alpha value is -0.870. The van der Waals surface area contributed by atoms with Crippen LogP contribution >= 0.6 is 0 Å². The monoisotopic (exact) mass is 239 g/mol. The summed E-state index contributed by atoms with van der Waals surface area (Å²) in [4.78, 5) is 0. The van der Waals surface area contributed by atoms with Crippen LogP contribution < -0.4 is 5.32 Å². The highest BCUT2D eigenvalue weighted by molar-refractivity contribution is 5.12. The number of aromatic nitrogens is 2. The van der Waals surface area contributed by atoms with Crippen LogP contribution in [0.15, 0.2) is 12.3 Å². The first-order chi connectivity index (χ1) is 8.06. The van der Waals surface area contributed by atoms with Crippen molar-refractivity contribution in [2.24, 2.45) is 0 Å². The summed E-state index contributed by atoms with van der Waals surface area (Å²) in [6, 6.07) is 2.23. The van der Waals surface area contributed by atoms with Crippen LogP contribution in [-0.4, -0.2) is 29.0 Å². The molecule has 0 aliphatic carbocycles. The molecule has 17 heavy (non-hydrogen) atoms. The Morgan fingerprint density at radius 3 is 2.71 bits per heavy atom. The topological polar surface area (TPSA) is 39.1 Å². The van der Waals surface area contributed by atoms with E-state index >= 15 is 0 Å². The highest BCUT2D eigenvalue weighted by Crippen LogP contribution is 2.28. The van der Waals surface area contributed by atoms with Gasteiger partial charge in [-0.2, -0.15) is 5.10 Å². The number of nitrogens with one attached hydrogen (secondary N) is 1. The highest BCUT2D eigenvalue weighted by atomic mass is 16.5. The summed E-state index contributed by atoms with van der Waals surface area (Å²) in [5, 5.41) is 7.88. The van der Waals surface area contributed by atoms with Gasteiger partial charge < -0.3 is 10.1 Å². The largest absolute Gasteiger partial charge is 0.377 e. The first-order valence-corrected chi connectivity index (χ1v) is 6.37. The summed E-state index contributed by atoms with van der Waals surface area (Å²) >= 11 is 0. The van der Waals surface area contributed by atoms with Gasteiger partial charge in [-0.1, -0.05) is 6.92 Å². The van der Waals surface area contributed by atoms with Gasteiger partial charge in [0.05, 0.1) is 17.3 Å². The van der Waals surface area contributed by atoms with Gasteiger partial charge in [0.25, 0.3) is 0 Å². The van der Waals surface area contributed by atoms with Crippen molar-refractivity contribution in [2.75, 3.05) is 13.7 Å². The molecule has 1 unspecified atom stereocenters. The molecule has 1 rings (SSSR count). The second-order valence-electron chi connectivity index (χ2n) is 4.77. The molecule has 1 N–H and O–H groups in total. The molecule has 1 atom stereocenters. The molecule has 0 fully saturated rings. The molecule has 98 valence electrons. The van der Waals surface area contributed by atoms with Gasteiger partial charge >= 0.3 is 0 Å². The number of rotatable bonds is 7. The summed E-state index contributed by atoms with van der Waals surface area (Å²) in [7, 11) is 1.76. The van der Waals surface area contributed by atoms with Crippen molar-refractivity contribution in [2.45, 2.75) is 52.3 Å². The number of aryl methyl sites for hydroxylation is 1. The Kier molecular flexibility index (Phi) is 5.15. The van der Waals surface area contributed by atoms with E-state index in [1.165, 1.54) is 5.69 Å². The van der Waals surface area contributed by atoms with E-state index in [-0.39, 0.29) is 11.6 Å². The minimum absolute atomic E-state index is 0.162. The van der Waals surface area contributed by atoms with Gasteiger partial charge in [0.1, 0.15) is 0 Å². The summed E-state index contributed by atoms with van der Waals surface area (Å²) in [5.41, 5.74) is 0.940. The van der Waals surface area contributed by atoms with E-state index < -0.39 is 0 Å². The molecule has 0 aliphatic heterocycles. The average Bonchev–Trinajstić information content (AvgIpc) is 2.77. The Morgan fingerprint density at radius 2 is 2.18 bits per heavy atom. The molecule has 0 bridgehead atoms. The smallest absolute Gasteiger partial charge is 0.0831 e. The van der Waals surface area contributed by atoms with Gasteiger partial charge in [-0.25, -0.2) is 0 Å². The number of hydrogen-bond acceptors (Lipinski definition) is 3. The molecular weight excluding hydrogens is 214 g/mol. The Bertz CT molecular complexity index is 333. The average molecular weight is 239 g/mol. The van der Waals surface area contributed by atoms with Crippen molar-refractivity contribution in [1.29, 1.82) is 0 Å². The number of nitrogens with zero attached hydrogens (tertiary/aromatic N) is 2. The van der Waals surface area contributed by atoms with Gasteiger partial charge in [-0.3, -0.25) is 4.68 Å². The van der Waals surface area contributed by atoms with E-state index in [4.69, 9.17) is 4.74 Å². The van der Waals surface area contributed by atoms with E-state index in [1.807, 2.05) is 10.9 Å². The Morgan fingerprint density at radius 1 is 1.47 bits per heavy atom. The Labute approximate surface area is 104 Å². The minimum atomic E-state index is -0.248. The molecule has 0 saturated carbocycles. The third-order valence-electron chi connectivity index (χ3n) is 3.16. The van der Waals surface area contributed by atoms with E-state index in [1.54, 1.807) is 7.11 Å². The molecule has 4 nitrogen and oxygen atoms in total. The summed E-state index contributed by atoms with van der Waals surface area (Å²) < 4.78 is 7.64. The van der Waals surface area contributed by atoms with E-state index in [9.17, 15) is 0 Å². The predicted molar refractivity (Wildman–Crippen MR) is 70.0 cm³/mol. The molecule has 4 heteroatoms. The fraction of sp³-hybridized carbons (Fsp3) is 0.769. The maximum absolute atomic E-state index is 5.62. The molecule has 1 heterocycles. The molecule has 0 saturated heterocycles. The first-order valence-electron chi connectivity index (χ1n) is 6.37. The lowest BCUT2D eigenvalue weighted by Gasteiger charge is -2.34. The zero-order valence-electron chi connectivity index (χ0n) is 11.7. The summed E-state index contributed by atoms with van der Waals surface area (Å²) in [6.07, 6.45) is 2.96. The number of methoxy groups -OCH3 is 1. The van der Waals surface area contributed by atoms with Crippen molar-refractivity contribution in [3.8, 4) is 0 Å². The van der Waals surface area contributed by atoms with Crippen molar-refractivity contribution < 1.29 is 4.74 Å². The van der Waals surface area contributed by atoms with Gasteiger partial charge in [0, 0.05) is 19.9 Å². The van der Waals surface area contributed by atoms with Crippen LogP contribution in [-0.2, 0) is 11.3 Å². The lowest BCUT2D eigenvalue weighted by Crippen LogP contribution is -2.42. The minimum Gasteiger partial charge on any atom is -0.377 e. The maximum Gasteiger partial charge on any atom is 0.0831 e. The van der Waals surface area contributed by atoms with Crippen LogP contribution in [0.5, 0.6) is 0 Å². The second kappa shape index (κ2) is 6.17. The van der Waals surface area contributed by atoms with Crippen LogP contribution in [0, 0.1) is 0 Å². The van der Waals surface area contributed by atoms with E-state index in [0.29, 0.717) is 0 Å². The van der Waals surface area contributed by atoms with Crippen LogP contribution in [0.1, 0.15) is 45.9 Å². The van der Waals surface area contributed by atoms with E-state index in [2.05, 4.69) is 44.2 Å². The van der Waals surface area contributed by atoms with Crippen LogP contribution in [0.3, 0.4) is 0 Å². The summed E-state index contributed by atoms with van der Waals surface area (Å²) in [5.74, 6) is 0. The molecule has 1 aromatic rings. The fourth-order valence-electron chi connectivity index (χ4n) is 1.97. The zero-order chi connectivity index (χ0) is 12.9. The lowest BCUT2D eigenvalue weighted by molar-refractivity contribution is -0.0134.